The van der Waals surface area contributed by atoms with Gasteiger partial charge in [0.05, 0.1) is 6.04 Å². The molecule has 0 amide bonds. The number of hydrogen-bond acceptors (Lipinski definition) is 4. The molecule has 2 aromatic carbocycles. The second-order valence-electron chi connectivity index (χ2n) is 6.29. The van der Waals surface area contributed by atoms with Crippen LogP contribution in [-0.4, -0.2) is 23.9 Å². The second-order valence-corrected chi connectivity index (χ2v) is 6.29. The average molecular weight is 351 g/mol. The number of benzene rings is 2. The number of carbonyl (C=O) groups excluding carboxylic acids is 2. The summed E-state index contributed by atoms with van der Waals surface area (Å²) in [6.45, 7) is 9.07. The zero-order valence-electron chi connectivity index (χ0n) is 15.5. The minimum atomic E-state index is -0.411. The van der Waals surface area contributed by atoms with E-state index in [1.54, 1.807) is 25.1 Å². The van der Waals surface area contributed by atoms with Crippen molar-refractivity contribution in [3.63, 3.8) is 0 Å². The summed E-state index contributed by atoms with van der Waals surface area (Å²) >= 11 is 0. The molecule has 4 heteroatoms. The van der Waals surface area contributed by atoms with Crippen LogP contribution in [0, 0.1) is 0 Å². The van der Waals surface area contributed by atoms with Crippen LogP contribution in [0.3, 0.4) is 0 Å². The van der Waals surface area contributed by atoms with Crippen LogP contribution in [0.15, 0.2) is 66.7 Å². The number of nitrogens with one attached hydrogen (secondary N) is 1. The van der Waals surface area contributed by atoms with Crippen LogP contribution in [0.5, 0.6) is 0 Å². The minimum absolute atomic E-state index is 0.0462. The van der Waals surface area contributed by atoms with Gasteiger partial charge in [0.1, 0.15) is 6.10 Å². The highest BCUT2D eigenvalue weighted by Crippen LogP contribution is 2.22. The van der Waals surface area contributed by atoms with Crippen LogP contribution in [-0.2, 0) is 9.53 Å². The molecule has 0 fully saturated rings. The molecule has 2 atom stereocenters. The molecule has 0 heterocycles. The Labute approximate surface area is 154 Å². The zero-order chi connectivity index (χ0) is 19.1. The van der Waals surface area contributed by atoms with E-state index in [1.165, 1.54) is 0 Å². The van der Waals surface area contributed by atoms with Crippen molar-refractivity contribution < 1.29 is 14.3 Å². The molecule has 0 aliphatic rings. The summed E-state index contributed by atoms with van der Waals surface area (Å²) in [5.74, 6) is -0.457. The van der Waals surface area contributed by atoms with E-state index in [1.807, 2.05) is 50.2 Å². The lowest BCUT2D eigenvalue weighted by Gasteiger charge is -2.26. The smallest absolute Gasteiger partial charge is 0.333 e. The van der Waals surface area contributed by atoms with Gasteiger partial charge in [-0.15, -0.1) is 0 Å². The molecule has 0 aliphatic carbocycles. The first-order chi connectivity index (χ1) is 12.4. The summed E-state index contributed by atoms with van der Waals surface area (Å²) in [4.78, 5) is 24.6. The quantitative estimate of drug-likeness (QED) is 0.428. The Kier molecular flexibility index (Phi) is 6.73. The Morgan fingerprint density at radius 3 is 2.31 bits per heavy atom. The maximum atomic E-state index is 12.8. The Morgan fingerprint density at radius 2 is 1.69 bits per heavy atom. The highest BCUT2D eigenvalue weighted by Gasteiger charge is 2.22. The highest BCUT2D eigenvalue weighted by atomic mass is 16.5. The standard InChI is InChI=1S/C22H25NO3/c1-5-19(16(4)26-22(25)15(2)3)23-20-14-10-9-13-18(20)21(24)17-11-7-6-8-12-17/h6-14,16,19,23H,2,5H2,1,3-4H3. The fourth-order valence-corrected chi connectivity index (χ4v) is 2.65. The SMILES string of the molecule is C=C(C)C(=O)OC(C)C(CC)Nc1ccccc1C(=O)c1ccccc1. The molecule has 1 N–H and O–H groups in total. The first kappa shape index (κ1) is 19.4. The lowest BCUT2D eigenvalue weighted by atomic mass is 10.0. The van der Waals surface area contributed by atoms with Crippen molar-refractivity contribution in [1.82, 2.24) is 0 Å². The Hall–Kier alpha value is -2.88. The number of para-hydroxylation sites is 1. The van der Waals surface area contributed by atoms with Gasteiger partial charge in [0, 0.05) is 22.4 Å². The van der Waals surface area contributed by atoms with E-state index in [-0.39, 0.29) is 17.9 Å². The van der Waals surface area contributed by atoms with Crippen molar-refractivity contribution in [3.05, 3.63) is 77.9 Å². The van der Waals surface area contributed by atoms with E-state index >= 15 is 0 Å². The number of carbonyl (C=O) groups is 2. The maximum absolute atomic E-state index is 12.8. The fraction of sp³-hybridized carbons (Fsp3) is 0.273. The Bertz CT molecular complexity index is 783. The second kappa shape index (κ2) is 8.99. The van der Waals surface area contributed by atoms with Crippen LogP contribution in [0.2, 0.25) is 0 Å². The monoisotopic (exact) mass is 351 g/mol. The molecule has 2 aromatic rings. The Morgan fingerprint density at radius 1 is 1.08 bits per heavy atom. The van der Waals surface area contributed by atoms with E-state index in [4.69, 9.17) is 4.74 Å². The van der Waals surface area contributed by atoms with Crippen molar-refractivity contribution in [1.29, 1.82) is 0 Å². The van der Waals surface area contributed by atoms with E-state index in [9.17, 15) is 9.59 Å². The third kappa shape index (κ3) is 4.82. The van der Waals surface area contributed by atoms with Gasteiger partial charge in [0.25, 0.3) is 0 Å². The third-order valence-corrected chi connectivity index (χ3v) is 4.20. The third-order valence-electron chi connectivity index (χ3n) is 4.20. The van der Waals surface area contributed by atoms with Crippen LogP contribution in [0.1, 0.15) is 43.1 Å². The van der Waals surface area contributed by atoms with E-state index in [0.717, 1.165) is 12.1 Å². The minimum Gasteiger partial charge on any atom is -0.457 e. The zero-order valence-corrected chi connectivity index (χ0v) is 15.5. The molecule has 0 radical (unpaired) electrons. The van der Waals surface area contributed by atoms with E-state index in [2.05, 4.69) is 11.9 Å². The van der Waals surface area contributed by atoms with Gasteiger partial charge in [0.2, 0.25) is 0 Å². The van der Waals surface area contributed by atoms with Crippen molar-refractivity contribution in [2.75, 3.05) is 5.32 Å². The number of anilines is 1. The summed E-state index contributed by atoms with van der Waals surface area (Å²) < 4.78 is 5.44. The number of ketones is 1. The van der Waals surface area contributed by atoms with Crippen LogP contribution in [0.4, 0.5) is 5.69 Å². The summed E-state index contributed by atoms with van der Waals surface area (Å²) in [6, 6.07) is 16.4. The van der Waals surface area contributed by atoms with Crippen molar-refractivity contribution in [3.8, 4) is 0 Å². The number of esters is 1. The molecule has 2 unspecified atom stereocenters. The maximum Gasteiger partial charge on any atom is 0.333 e. The molecule has 0 bridgehead atoms. The molecule has 0 aromatic heterocycles. The molecule has 0 saturated carbocycles. The van der Waals surface area contributed by atoms with Crippen LogP contribution in [0.25, 0.3) is 0 Å². The molecular weight excluding hydrogens is 326 g/mol. The van der Waals surface area contributed by atoms with Gasteiger partial charge < -0.3 is 10.1 Å². The van der Waals surface area contributed by atoms with Crippen molar-refractivity contribution >= 4 is 17.4 Å². The molecule has 0 saturated heterocycles. The van der Waals surface area contributed by atoms with Gasteiger partial charge in [-0.2, -0.15) is 0 Å². The topological polar surface area (TPSA) is 55.4 Å². The highest BCUT2D eigenvalue weighted by molar-refractivity contribution is 6.12. The van der Waals surface area contributed by atoms with Crippen LogP contribution >= 0.6 is 0 Å². The largest absolute Gasteiger partial charge is 0.457 e. The first-order valence-corrected chi connectivity index (χ1v) is 8.75. The lowest BCUT2D eigenvalue weighted by Crippen LogP contribution is -2.35. The molecule has 0 spiro atoms. The molecule has 26 heavy (non-hydrogen) atoms. The molecule has 136 valence electrons. The lowest BCUT2D eigenvalue weighted by molar-refractivity contribution is -0.144. The van der Waals surface area contributed by atoms with Gasteiger partial charge in [-0.1, -0.05) is 56.0 Å². The van der Waals surface area contributed by atoms with Gasteiger partial charge in [-0.3, -0.25) is 4.79 Å². The van der Waals surface area contributed by atoms with E-state index < -0.39 is 5.97 Å². The predicted octanol–water partition coefficient (Wildman–Crippen LogP) is 4.62. The molecule has 0 aliphatic heterocycles. The van der Waals surface area contributed by atoms with Crippen molar-refractivity contribution in [2.24, 2.45) is 0 Å². The number of ether oxygens (including phenoxy) is 1. The first-order valence-electron chi connectivity index (χ1n) is 8.75. The fourth-order valence-electron chi connectivity index (χ4n) is 2.65. The van der Waals surface area contributed by atoms with Crippen molar-refractivity contribution in [2.45, 2.75) is 39.3 Å². The molecule has 2 rings (SSSR count). The van der Waals surface area contributed by atoms with E-state index in [0.29, 0.717) is 16.7 Å². The molecule has 4 nitrogen and oxygen atoms in total. The number of rotatable bonds is 8. The summed E-state index contributed by atoms with van der Waals surface area (Å²) in [6.07, 6.45) is 0.377. The normalized spacial score (nSPS) is 12.7. The van der Waals surface area contributed by atoms with Gasteiger partial charge >= 0.3 is 5.97 Å². The Balaban J connectivity index is 2.22. The average Bonchev–Trinajstić information content (AvgIpc) is 2.66. The summed E-state index contributed by atoms with van der Waals surface area (Å²) in [5.41, 5.74) is 2.32. The summed E-state index contributed by atoms with van der Waals surface area (Å²) in [5, 5.41) is 3.36. The van der Waals surface area contributed by atoms with Gasteiger partial charge in [-0.25, -0.2) is 4.79 Å². The summed E-state index contributed by atoms with van der Waals surface area (Å²) in [7, 11) is 0. The van der Waals surface area contributed by atoms with Gasteiger partial charge in [-0.05, 0) is 32.4 Å². The van der Waals surface area contributed by atoms with Gasteiger partial charge in [0.15, 0.2) is 5.78 Å². The molecular formula is C22H25NO3. The predicted molar refractivity (Wildman–Crippen MR) is 104 cm³/mol. The number of hydrogen-bond donors (Lipinski definition) is 1. The van der Waals surface area contributed by atoms with Crippen LogP contribution < -0.4 is 5.32 Å².